The van der Waals surface area contributed by atoms with Crippen LogP contribution in [0.3, 0.4) is 0 Å². The van der Waals surface area contributed by atoms with Gasteiger partial charge in [0, 0.05) is 13.5 Å². The monoisotopic (exact) mass is 253 g/mol. The Morgan fingerprint density at radius 1 is 1.39 bits per heavy atom. The average Bonchev–Trinajstić information content (AvgIpc) is 2.35. The van der Waals surface area contributed by atoms with E-state index < -0.39 is 12.2 Å². The van der Waals surface area contributed by atoms with Crippen LogP contribution in [-0.2, 0) is 11.4 Å². The number of aliphatic hydroxyl groups is 3. The lowest BCUT2D eigenvalue weighted by Crippen LogP contribution is -2.34. The van der Waals surface area contributed by atoms with Crippen LogP contribution in [0, 0.1) is 6.92 Å². The number of nitrogens with one attached hydrogen (secondary N) is 1. The molecule has 0 fully saturated rings. The van der Waals surface area contributed by atoms with Crippen LogP contribution >= 0.6 is 0 Å². The van der Waals surface area contributed by atoms with E-state index in [1.807, 2.05) is 6.92 Å². The molecular weight excluding hydrogens is 234 g/mol. The molecule has 1 aromatic carbocycles. The fourth-order valence-electron chi connectivity index (χ4n) is 1.67. The minimum atomic E-state index is -1.09. The molecule has 0 heterocycles. The SMILES string of the molecule is CC(=O)NCC(O)C(O)c1cc(CO)ccc1C. The number of amides is 1. The second kappa shape index (κ2) is 6.49. The lowest BCUT2D eigenvalue weighted by molar-refractivity contribution is -0.119. The maximum absolute atomic E-state index is 10.7. The molecule has 1 amide bonds. The first-order valence-electron chi connectivity index (χ1n) is 5.76. The summed E-state index contributed by atoms with van der Waals surface area (Å²) in [4.78, 5) is 10.7. The Hall–Kier alpha value is -1.43. The molecule has 0 aliphatic carbocycles. The van der Waals surface area contributed by atoms with Crippen molar-refractivity contribution in [1.82, 2.24) is 5.32 Å². The summed E-state index contributed by atoms with van der Waals surface area (Å²) in [6, 6.07) is 5.18. The van der Waals surface area contributed by atoms with Crippen molar-refractivity contribution < 1.29 is 20.1 Å². The third kappa shape index (κ3) is 3.80. The Labute approximate surface area is 106 Å². The molecule has 4 N–H and O–H groups in total. The molecule has 2 unspecified atom stereocenters. The van der Waals surface area contributed by atoms with E-state index in [-0.39, 0.29) is 19.1 Å². The number of carbonyl (C=O) groups excluding carboxylic acids is 1. The van der Waals surface area contributed by atoms with Crippen LogP contribution in [0.2, 0.25) is 0 Å². The van der Waals surface area contributed by atoms with Gasteiger partial charge in [0.15, 0.2) is 0 Å². The molecule has 0 spiro atoms. The Balaban J connectivity index is 2.81. The number of rotatable bonds is 5. The van der Waals surface area contributed by atoms with Crippen molar-refractivity contribution >= 4 is 5.91 Å². The summed E-state index contributed by atoms with van der Waals surface area (Å²) < 4.78 is 0. The number of aliphatic hydroxyl groups excluding tert-OH is 3. The molecule has 0 bridgehead atoms. The minimum Gasteiger partial charge on any atom is -0.392 e. The summed E-state index contributed by atoms with van der Waals surface area (Å²) in [6.45, 7) is 3.02. The molecule has 18 heavy (non-hydrogen) atoms. The Morgan fingerprint density at radius 2 is 2.06 bits per heavy atom. The smallest absolute Gasteiger partial charge is 0.216 e. The van der Waals surface area contributed by atoms with Crippen LogP contribution in [-0.4, -0.2) is 33.9 Å². The maximum Gasteiger partial charge on any atom is 0.216 e. The van der Waals surface area contributed by atoms with Gasteiger partial charge in [0.2, 0.25) is 5.91 Å². The molecule has 1 aromatic rings. The molecule has 5 nitrogen and oxygen atoms in total. The number of hydrogen-bond acceptors (Lipinski definition) is 4. The van der Waals surface area contributed by atoms with E-state index in [0.717, 1.165) is 5.56 Å². The van der Waals surface area contributed by atoms with Crippen molar-refractivity contribution in [2.24, 2.45) is 0 Å². The zero-order valence-corrected chi connectivity index (χ0v) is 10.6. The zero-order valence-electron chi connectivity index (χ0n) is 10.6. The van der Waals surface area contributed by atoms with Gasteiger partial charge in [0.25, 0.3) is 0 Å². The van der Waals surface area contributed by atoms with E-state index >= 15 is 0 Å². The van der Waals surface area contributed by atoms with Gasteiger partial charge < -0.3 is 20.6 Å². The number of hydrogen-bond donors (Lipinski definition) is 4. The minimum absolute atomic E-state index is 0.0146. The van der Waals surface area contributed by atoms with Crippen LogP contribution in [0.1, 0.15) is 29.7 Å². The molecule has 0 saturated heterocycles. The molecule has 1 rings (SSSR count). The molecule has 100 valence electrons. The Morgan fingerprint density at radius 3 is 2.61 bits per heavy atom. The topological polar surface area (TPSA) is 89.8 Å². The van der Waals surface area contributed by atoms with E-state index in [1.165, 1.54) is 6.92 Å². The van der Waals surface area contributed by atoms with Crippen LogP contribution in [0.4, 0.5) is 0 Å². The molecule has 0 saturated carbocycles. The molecule has 2 atom stereocenters. The lowest BCUT2D eigenvalue weighted by atomic mass is 9.97. The van der Waals surface area contributed by atoms with Crippen molar-refractivity contribution in [3.8, 4) is 0 Å². The van der Waals surface area contributed by atoms with E-state index in [4.69, 9.17) is 5.11 Å². The first kappa shape index (κ1) is 14.6. The van der Waals surface area contributed by atoms with Gasteiger partial charge in [0.1, 0.15) is 12.2 Å². The third-order valence-corrected chi connectivity index (χ3v) is 2.77. The van der Waals surface area contributed by atoms with Gasteiger partial charge in [-0.25, -0.2) is 0 Å². The standard InChI is InChI=1S/C13H19NO4/c1-8-3-4-10(7-15)5-11(8)13(18)12(17)6-14-9(2)16/h3-5,12-13,15,17-18H,6-7H2,1-2H3,(H,14,16). The van der Waals surface area contributed by atoms with Crippen molar-refractivity contribution in [3.63, 3.8) is 0 Å². The highest BCUT2D eigenvalue weighted by molar-refractivity contribution is 5.72. The highest BCUT2D eigenvalue weighted by Crippen LogP contribution is 2.22. The average molecular weight is 253 g/mol. The quantitative estimate of drug-likeness (QED) is 0.595. The van der Waals surface area contributed by atoms with Crippen LogP contribution in [0.15, 0.2) is 18.2 Å². The summed E-state index contributed by atoms with van der Waals surface area (Å²) in [5.74, 6) is -0.262. The largest absolute Gasteiger partial charge is 0.392 e. The van der Waals surface area contributed by atoms with Gasteiger partial charge in [-0.15, -0.1) is 0 Å². The fraction of sp³-hybridized carbons (Fsp3) is 0.462. The second-order valence-corrected chi connectivity index (χ2v) is 4.30. The summed E-state index contributed by atoms with van der Waals surface area (Å²) in [6.07, 6.45) is -2.18. The lowest BCUT2D eigenvalue weighted by Gasteiger charge is -2.20. The van der Waals surface area contributed by atoms with Gasteiger partial charge in [-0.3, -0.25) is 4.79 Å². The molecule has 0 aromatic heterocycles. The van der Waals surface area contributed by atoms with Crippen LogP contribution < -0.4 is 5.32 Å². The van der Waals surface area contributed by atoms with Crippen LogP contribution in [0.5, 0.6) is 0 Å². The maximum atomic E-state index is 10.7. The number of carbonyl (C=O) groups is 1. The fourth-order valence-corrected chi connectivity index (χ4v) is 1.67. The highest BCUT2D eigenvalue weighted by atomic mass is 16.3. The number of benzene rings is 1. The summed E-state index contributed by atoms with van der Waals surface area (Å²) in [5, 5.41) is 31.3. The van der Waals surface area contributed by atoms with E-state index in [0.29, 0.717) is 11.1 Å². The molecule has 0 aliphatic rings. The van der Waals surface area contributed by atoms with Crippen molar-refractivity contribution in [1.29, 1.82) is 0 Å². The normalized spacial score (nSPS) is 14.1. The van der Waals surface area contributed by atoms with Crippen molar-refractivity contribution in [2.45, 2.75) is 32.7 Å². The summed E-state index contributed by atoms with van der Waals surface area (Å²) >= 11 is 0. The van der Waals surface area contributed by atoms with E-state index in [9.17, 15) is 15.0 Å². The first-order valence-corrected chi connectivity index (χ1v) is 5.76. The predicted molar refractivity (Wildman–Crippen MR) is 66.8 cm³/mol. The third-order valence-electron chi connectivity index (χ3n) is 2.77. The second-order valence-electron chi connectivity index (χ2n) is 4.30. The zero-order chi connectivity index (χ0) is 13.7. The van der Waals surface area contributed by atoms with Crippen molar-refractivity contribution in [3.05, 3.63) is 34.9 Å². The number of aryl methyl sites for hydroxylation is 1. The summed E-state index contributed by atoms with van der Waals surface area (Å²) in [5.41, 5.74) is 2.04. The molecule has 0 radical (unpaired) electrons. The van der Waals surface area contributed by atoms with Gasteiger partial charge >= 0.3 is 0 Å². The van der Waals surface area contributed by atoms with Gasteiger partial charge in [-0.05, 0) is 23.6 Å². The van der Waals surface area contributed by atoms with Gasteiger partial charge in [-0.1, -0.05) is 18.2 Å². The van der Waals surface area contributed by atoms with Crippen molar-refractivity contribution in [2.75, 3.05) is 6.54 Å². The van der Waals surface area contributed by atoms with E-state index in [2.05, 4.69) is 5.32 Å². The van der Waals surface area contributed by atoms with Gasteiger partial charge in [-0.2, -0.15) is 0 Å². The molecule has 5 heteroatoms. The first-order chi connectivity index (χ1) is 8.45. The molecule has 0 aliphatic heterocycles. The van der Waals surface area contributed by atoms with E-state index in [1.54, 1.807) is 18.2 Å². The Bertz CT molecular complexity index is 419. The van der Waals surface area contributed by atoms with Crippen LogP contribution in [0.25, 0.3) is 0 Å². The predicted octanol–water partition coefficient (Wildman–Crippen LogP) is 0.0177. The highest BCUT2D eigenvalue weighted by Gasteiger charge is 2.20. The molecular formula is C13H19NO4. The summed E-state index contributed by atoms with van der Waals surface area (Å²) in [7, 11) is 0. The van der Waals surface area contributed by atoms with Gasteiger partial charge in [0.05, 0.1) is 6.61 Å². The Kier molecular flexibility index (Phi) is 5.27.